The highest BCUT2D eigenvalue weighted by atomic mass is 19.1. The molecule has 0 aliphatic heterocycles. The summed E-state index contributed by atoms with van der Waals surface area (Å²) < 4.78 is 17.6. The molecule has 0 unspecified atom stereocenters. The number of hydrogen-bond acceptors (Lipinski definition) is 5. The maximum atomic E-state index is 12.7. The van der Waals surface area contributed by atoms with Crippen LogP contribution in [0.4, 0.5) is 10.1 Å². The van der Waals surface area contributed by atoms with Crippen LogP contribution in [0.1, 0.15) is 15.9 Å². The van der Waals surface area contributed by atoms with Gasteiger partial charge in [0.2, 0.25) is 0 Å². The molecule has 0 fully saturated rings. The normalized spacial score (nSPS) is 10.1. The molecule has 2 aromatic rings. The number of halogens is 1. The lowest BCUT2D eigenvalue weighted by atomic mass is 10.1. The molecular weight excluding hydrogens is 305 g/mol. The van der Waals surface area contributed by atoms with Gasteiger partial charge in [-0.15, -0.1) is 0 Å². The Hall–Kier alpha value is -3.09. The monoisotopic (exact) mass is 317 g/mol. The van der Waals surface area contributed by atoms with Gasteiger partial charge < -0.3 is 4.74 Å². The van der Waals surface area contributed by atoms with E-state index >= 15 is 0 Å². The molecule has 6 nitrogen and oxygen atoms in total. The first-order valence-corrected chi connectivity index (χ1v) is 6.63. The summed E-state index contributed by atoms with van der Waals surface area (Å²) in [6.07, 6.45) is -0.102. The van der Waals surface area contributed by atoms with E-state index in [-0.39, 0.29) is 17.7 Å². The molecular formula is C16H12FNO5. The van der Waals surface area contributed by atoms with Crippen LogP contribution in [0.15, 0.2) is 48.5 Å². The number of nitro groups is 1. The summed E-state index contributed by atoms with van der Waals surface area (Å²) in [7, 11) is 0. The lowest BCUT2D eigenvalue weighted by molar-refractivity contribution is -0.384. The molecule has 7 heteroatoms. The maximum Gasteiger partial charge on any atom is 0.310 e. The van der Waals surface area contributed by atoms with E-state index in [0.29, 0.717) is 5.56 Å². The summed E-state index contributed by atoms with van der Waals surface area (Å²) in [5, 5.41) is 10.5. The number of Topliss-reactive ketones (excluding diaryl/α,β-unsaturated/α-hetero) is 1. The van der Waals surface area contributed by atoms with Crippen LogP contribution in [0, 0.1) is 15.9 Å². The molecule has 0 bridgehead atoms. The number of rotatable bonds is 6. The van der Waals surface area contributed by atoms with Crippen LogP contribution >= 0.6 is 0 Å². The van der Waals surface area contributed by atoms with E-state index in [9.17, 15) is 24.1 Å². The fourth-order valence-corrected chi connectivity index (χ4v) is 1.82. The molecule has 0 saturated heterocycles. The van der Waals surface area contributed by atoms with E-state index in [1.54, 1.807) is 0 Å². The van der Waals surface area contributed by atoms with Crippen LogP contribution in [0.25, 0.3) is 0 Å². The van der Waals surface area contributed by atoms with Gasteiger partial charge in [0.25, 0.3) is 5.69 Å². The van der Waals surface area contributed by atoms with Crippen molar-refractivity contribution in [2.24, 2.45) is 0 Å². The number of esters is 1. The summed E-state index contributed by atoms with van der Waals surface area (Å²) in [5.41, 5.74) is 0.706. The number of hydrogen-bond donors (Lipinski definition) is 0. The highest BCUT2D eigenvalue weighted by Gasteiger charge is 2.12. The first-order chi connectivity index (χ1) is 11.0. The molecule has 0 aliphatic carbocycles. The number of carbonyl (C=O) groups is 2. The van der Waals surface area contributed by atoms with Gasteiger partial charge in [0, 0.05) is 17.7 Å². The number of benzene rings is 2. The molecule has 0 amide bonds. The maximum absolute atomic E-state index is 12.7. The molecule has 0 radical (unpaired) electrons. The Bertz CT molecular complexity index is 725. The molecule has 118 valence electrons. The Labute approximate surface area is 130 Å². The standard InChI is InChI=1S/C16H12FNO5/c17-13-5-3-12(4-6-13)15(19)10-23-16(20)9-11-1-7-14(8-2-11)18(21)22/h1-8H,9-10H2. The number of nitro benzene ring substituents is 1. The van der Waals surface area contributed by atoms with Crippen molar-refractivity contribution in [3.63, 3.8) is 0 Å². The van der Waals surface area contributed by atoms with Crippen molar-refractivity contribution in [1.29, 1.82) is 0 Å². The van der Waals surface area contributed by atoms with Crippen LogP contribution < -0.4 is 0 Å². The van der Waals surface area contributed by atoms with Gasteiger partial charge >= 0.3 is 5.97 Å². The summed E-state index contributed by atoms with van der Waals surface area (Å²) in [5.74, 6) is -1.53. The molecule has 2 rings (SSSR count). The Morgan fingerprint density at radius 2 is 1.65 bits per heavy atom. The van der Waals surface area contributed by atoms with Gasteiger partial charge in [-0.1, -0.05) is 12.1 Å². The zero-order valence-corrected chi connectivity index (χ0v) is 11.9. The van der Waals surface area contributed by atoms with E-state index in [1.807, 2.05) is 0 Å². The predicted octanol–water partition coefficient (Wildman–Crippen LogP) is 2.70. The van der Waals surface area contributed by atoms with Crippen molar-refractivity contribution < 1.29 is 23.6 Å². The highest BCUT2D eigenvalue weighted by Crippen LogP contribution is 2.12. The molecule has 0 spiro atoms. The molecule has 0 atom stereocenters. The van der Waals surface area contributed by atoms with Crippen molar-refractivity contribution in [3.05, 3.63) is 75.6 Å². The minimum Gasteiger partial charge on any atom is -0.457 e. The average Bonchev–Trinajstić information content (AvgIpc) is 2.54. The first-order valence-electron chi connectivity index (χ1n) is 6.63. The number of non-ortho nitro benzene ring substituents is 1. The summed E-state index contributed by atoms with van der Waals surface area (Å²) in [6.45, 7) is -0.447. The Kier molecular flexibility index (Phi) is 5.14. The second-order valence-electron chi connectivity index (χ2n) is 4.69. The zero-order valence-electron chi connectivity index (χ0n) is 11.9. The van der Waals surface area contributed by atoms with Crippen LogP contribution in [-0.2, 0) is 16.0 Å². The van der Waals surface area contributed by atoms with Gasteiger partial charge in [0.15, 0.2) is 12.4 Å². The highest BCUT2D eigenvalue weighted by molar-refractivity contribution is 5.97. The van der Waals surface area contributed by atoms with Crippen molar-refractivity contribution in [1.82, 2.24) is 0 Å². The lowest BCUT2D eigenvalue weighted by Gasteiger charge is -2.04. The van der Waals surface area contributed by atoms with Crippen LogP contribution in [0.2, 0.25) is 0 Å². The molecule has 0 heterocycles. The third kappa shape index (κ3) is 4.70. The summed E-state index contributed by atoms with van der Waals surface area (Å²) in [4.78, 5) is 33.4. The van der Waals surface area contributed by atoms with Gasteiger partial charge in [-0.25, -0.2) is 4.39 Å². The van der Waals surface area contributed by atoms with Gasteiger partial charge in [0.05, 0.1) is 11.3 Å². The zero-order chi connectivity index (χ0) is 16.8. The first kappa shape index (κ1) is 16.3. The Morgan fingerprint density at radius 3 is 2.22 bits per heavy atom. The van der Waals surface area contributed by atoms with Crippen molar-refractivity contribution >= 4 is 17.4 Å². The third-order valence-electron chi connectivity index (χ3n) is 3.03. The molecule has 0 N–H and O–H groups in total. The smallest absolute Gasteiger partial charge is 0.310 e. The Balaban J connectivity index is 1.86. The number of nitrogens with zero attached hydrogens (tertiary/aromatic N) is 1. The molecule has 2 aromatic carbocycles. The SMILES string of the molecule is O=C(Cc1ccc([N+](=O)[O-])cc1)OCC(=O)c1ccc(F)cc1. The summed E-state index contributed by atoms with van der Waals surface area (Å²) in [6, 6.07) is 10.4. The Morgan fingerprint density at radius 1 is 1.04 bits per heavy atom. The molecule has 0 aliphatic rings. The largest absolute Gasteiger partial charge is 0.457 e. The topological polar surface area (TPSA) is 86.5 Å². The average molecular weight is 317 g/mol. The summed E-state index contributed by atoms with van der Waals surface area (Å²) >= 11 is 0. The second kappa shape index (κ2) is 7.26. The number of ether oxygens (including phenoxy) is 1. The number of carbonyl (C=O) groups excluding carboxylic acids is 2. The molecule has 0 saturated carbocycles. The van der Waals surface area contributed by atoms with E-state index in [4.69, 9.17) is 4.74 Å². The van der Waals surface area contributed by atoms with Gasteiger partial charge in [-0.05, 0) is 29.8 Å². The number of ketones is 1. The van der Waals surface area contributed by atoms with Gasteiger partial charge in [0.1, 0.15) is 5.82 Å². The van der Waals surface area contributed by atoms with Crippen LogP contribution in [0.3, 0.4) is 0 Å². The van der Waals surface area contributed by atoms with Crippen LogP contribution in [0.5, 0.6) is 0 Å². The fourth-order valence-electron chi connectivity index (χ4n) is 1.82. The predicted molar refractivity (Wildman–Crippen MR) is 78.5 cm³/mol. The van der Waals surface area contributed by atoms with Crippen LogP contribution in [-0.4, -0.2) is 23.3 Å². The lowest BCUT2D eigenvalue weighted by Crippen LogP contribution is -2.15. The van der Waals surface area contributed by atoms with E-state index < -0.39 is 29.1 Å². The van der Waals surface area contributed by atoms with E-state index in [0.717, 1.165) is 12.1 Å². The second-order valence-corrected chi connectivity index (χ2v) is 4.69. The molecule has 0 aromatic heterocycles. The van der Waals surface area contributed by atoms with E-state index in [2.05, 4.69) is 0 Å². The van der Waals surface area contributed by atoms with Gasteiger partial charge in [-0.3, -0.25) is 19.7 Å². The van der Waals surface area contributed by atoms with Gasteiger partial charge in [-0.2, -0.15) is 0 Å². The minimum absolute atomic E-state index is 0.0754. The van der Waals surface area contributed by atoms with Crippen molar-refractivity contribution in [3.8, 4) is 0 Å². The third-order valence-corrected chi connectivity index (χ3v) is 3.03. The van der Waals surface area contributed by atoms with Crippen molar-refractivity contribution in [2.75, 3.05) is 6.61 Å². The fraction of sp³-hybridized carbons (Fsp3) is 0.125. The molecule has 23 heavy (non-hydrogen) atoms. The van der Waals surface area contributed by atoms with E-state index in [1.165, 1.54) is 36.4 Å². The quantitative estimate of drug-likeness (QED) is 0.354. The minimum atomic E-state index is -0.630. The van der Waals surface area contributed by atoms with Crippen molar-refractivity contribution in [2.45, 2.75) is 6.42 Å².